The fourth-order valence-electron chi connectivity index (χ4n) is 1.78. The maximum absolute atomic E-state index is 12.1. The van der Waals surface area contributed by atoms with Gasteiger partial charge in [-0.3, -0.25) is 10.1 Å². The predicted molar refractivity (Wildman–Crippen MR) is 67.9 cm³/mol. The van der Waals surface area contributed by atoms with Crippen molar-refractivity contribution in [3.8, 4) is 0 Å². The Balaban J connectivity index is 2.96. The molecule has 5 heteroatoms. The van der Waals surface area contributed by atoms with Gasteiger partial charge in [0.1, 0.15) is 0 Å². The van der Waals surface area contributed by atoms with E-state index in [0.29, 0.717) is 12.6 Å². The van der Waals surface area contributed by atoms with Crippen LogP contribution < -0.4 is 10.6 Å². The van der Waals surface area contributed by atoms with Gasteiger partial charge in [0.2, 0.25) is 0 Å². The number of nitrogens with one attached hydrogen (secondary N) is 2. The predicted octanol–water partition coefficient (Wildman–Crippen LogP) is 0.901. The number of carbonyl (C=O) groups is 1. The first kappa shape index (κ1) is 14.0. The van der Waals surface area contributed by atoms with E-state index >= 15 is 0 Å². The summed E-state index contributed by atoms with van der Waals surface area (Å²) in [5, 5.41) is 5.97. The molecule has 5 nitrogen and oxygen atoms in total. The summed E-state index contributed by atoms with van der Waals surface area (Å²) < 4.78 is 5.14. The van der Waals surface area contributed by atoms with E-state index in [-0.39, 0.29) is 17.4 Å². The molecule has 0 aliphatic carbocycles. The summed E-state index contributed by atoms with van der Waals surface area (Å²) in [6.45, 7) is 10.3. The smallest absolute Gasteiger partial charge is 0.257 e. The standard InChI is InChI=1S/C12H23N3O2/c1-8(2)12(7-17-6)9(16)13-10(15-12)14-11(3,4)5/h8H,7H2,1-6H3,(H2,13,14,15,16). The molecule has 17 heavy (non-hydrogen) atoms. The molecule has 98 valence electrons. The Kier molecular flexibility index (Phi) is 3.81. The van der Waals surface area contributed by atoms with Crippen molar-refractivity contribution in [1.82, 2.24) is 10.6 Å². The molecule has 0 spiro atoms. The number of hydrogen-bond donors (Lipinski definition) is 2. The van der Waals surface area contributed by atoms with Gasteiger partial charge in [0.05, 0.1) is 6.61 Å². The lowest BCUT2D eigenvalue weighted by Crippen LogP contribution is -2.49. The van der Waals surface area contributed by atoms with Crippen molar-refractivity contribution in [2.75, 3.05) is 13.7 Å². The number of nitrogens with zero attached hydrogens (tertiary/aromatic N) is 1. The fourth-order valence-corrected chi connectivity index (χ4v) is 1.78. The van der Waals surface area contributed by atoms with E-state index in [1.807, 2.05) is 34.6 Å². The molecule has 1 aliphatic rings. The molecule has 0 aromatic rings. The lowest BCUT2D eigenvalue weighted by Gasteiger charge is -2.26. The minimum Gasteiger partial charge on any atom is -0.382 e. The Bertz CT molecular complexity index is 331. The van der Waals surface area contributed by atoms with Crippen molar-refractivity contribution < 1.29 is 9.53 Å². The van der Waals surface area contributed by atoms with Gasteiger partial charge in [0.25, 0.3) is 5.91 Å². The van der Waals surface area contributed by atoms with Crippen LogP contribution in [0.25, 0.3) is 0 Å². The Morgan fingerprint density at radius 1 is 1.47 bits per heavy atom. The van der Waals surface area contributed by atoms with Crippen LogP contribution in [-0.2, 0) is 9.53 Å². The molecule has 1 unspecified atom stereocenters. The summed E-state index contributed by atoms with van der Waals surface area (Å²) in [5.74, 6) is 0.524. The molecule has 1 rings (SSSR count). The maximum atomic E-state index is 12.1. The van der Waals surface area contributed by atoms with Crippen molar-refractivity contribution in [2.24, 2.45) is 10.9 Å². The number of methoxy groups -OCH3 is 1. The van der Waals surface area contributed by atoms with Crippen molar-refractivity contribution in [2.45, 2.75) is 45.7 Å². The summed E-state index contributed by atoms with van der Waals surface area (Å²) in [6, 6.07) is 0. The zero-order chi connectivity index (χ0) is 13.3. The van der Waals surface area contributed by atoms with Crippen LogP contribution in [0.15, 0.2) is 4.99 Å². The number of aliphatic imine (C=N–C) groups is 1. The molecule has 0 radical (unpaired) electrons. The third-order valence-corrected chi connectivity index (χ3v) is 2.75. The molecular weight excluding hydrogens is 218 g/mol. The van der Waals surface area contributed by atoms with Gasteiger partial charge >= 0.3 is 0 Å². The molecule has 1 heterocycles. The van der Waals surface area contributed by atoms with E-state index < -0.39 is 5.54 Å². The minimum absolute atomic E-state index is 0.0849. The van der Waals surface area contributed by atoms with Crippen molar-refractivity contribution in [3.63, 3.8) is 0 Å². The molecular formula is C12H23N3O2. The van der Waals surface area contributed by atoms with Gasteiger partial charge < -0.3 is 10.1 Å². The summed E-state index contributed by atoms with van der Waals surface area (Å²) in [5.41, 5.74) is -0.936. The quantitative estimate of drug-likeness (QED) is 0.771. The second-order valence-corrected chi connectivity index (χ2v) is 5.80. The molecule has 0 fully saturated rings. The van der Waals surface area contributed by atoms with Gasteiger partial charge in [-0.15, -0.1) is 0 Å². The number of hydrogen-bond acceptors (Lipinski definition) is 4. The molecule has 0 bridgehead atoms. The van der Waals surface area contributed by atoms with E-state index in [2.05, 4.69) is 15.6 Å². The zero-order valence-electron chi connectivity index (χ0n) is 11.5. The first-order valence-electron chi connectivity index (χ1n) is 5.90. The van der Waals surface area contributed by atoms with Crippen LogP contribution in [0.4, 0.5) is 0 Å². The number of ether oxygens (including phenoxy) is 1. The van der Waals surface area contributed by atoms with Gasteiger partial charge in [-0.2, -0.15) is 0 Å². The zero-order valence-corrected chi connectivity index (χ0v) is 11.5. The van der Waals surface area contributed by atoms with Crippen molar-refractivity contribution in [1.29, 1.82) is 0 Å². The van der Waals surface area contributed by atoms with E-state index in [1.165, 1.54) is 0 Å². The average molecular weight is 241 g/mol. The SMILES string of the molecule is COCC1(C(C)C)N=C(NC(C)(C)C)NC1=O. The molecule has 1 atom stereocenters. The lowest BCUT2D eigenvalue weighted by atomic mass is 9.88. The first-order chi connectivity index (χ1) is 7.71. The van der Waals surface area contributed by atoms with Crippen LogP contribution >= 0.6 is 0 Å². The van der Waals surface area contributed by atoms with Crippen LogP contribution in [-0.4, -0.2) is 36.7 Å². The third-order valence-electron chi connectivity index (χ3n) is 2.75. The second-order valence-electron chi connectivity index (χ2n) is 5.80. The van der Waals surface area contributed by atoms with Crippen LogP contribution in [0.2, 0.25) is 0 Å². The molecule has 0 aromatic heterocycles. The topological polar surface area (TPSA) is 62.7 Å². The highest BCUT2D eigenvalue weighted by atomic mass is 16.5. The number of guanidine groups is 1. The number of carbonyl (C=O) groups excluding carboxylic acids is 1. The van der Waals surface area contributed by atoms with E-state index in [0.717, 1.165) is 0 Å². The molecule has 1 aliphatic heterocycles. The summed E-state index contributed by atoms with van der Waals surface area (Å²) >= 11 is 0. The van der Waals surface area contributed by atoms with Crippen LogP contribution in [0.3, 0.4) is 0 Å². The molecule has 1 amide bonds. The first-order valence-corrected chi connectivity index (χ1v) is 5.90. The number of amides is 1. The van der Waals surface area contributed by atoms with Gasteiger partial charge in [-0.1, -0.05) is 13.8 Å². The Labute approximate surface area is 103 Å². The summed E-state index contributed by atoms with van der Waals surface area (Å²) in [4.78, 5) is 16.6. The average Bonchev–Trinajstić information content (AvgIpc) is 2.41. The van der Waals surface area contributed by atoms with Gasteiger partial charge in [-0.25, -0.2) is 4.99 Å². The van der Waals surface area contributed by atoms with Crippen LogP contribution in [0.1, 0.15) is 34.6 Å². The molecule has 0 aromatic carbocycles. The summed E-state index contributed by atoms with van der Waals surface area (Å²) in [6.07, 6.45) is 0. The minimum atomic E-state index is -0.803. The second kappa shape index (κ2) is 4.64. The van der Waals surface area contributed by atoms with Gasteiger partial charge in [-0.05, 0) is 26.7 Å². The monoisotopic (exact) mass is 241 g/mol. The molecule has 0 saturated carbocycles. The summed E-state index contributed by atoms with van der Waals surface area (Å²) in [7, 11) is 1.59. The third kappa shape index (κ3) is 2.97. The van der Waals surface area contributed by atoms with E-state index in [1.54, 1.807) is 7.11 Å². The maximum Gasteiger partial charge on any atom is 0.257 e. The van der Waals surface area contributed by atoms with Crippen molar-refractivity contribution in [3.05, 3.63) is 0 Å². The molecule has 2 N–H and O–H groups in total. The van der Waals surface area contributed by atoms with Crippen LogP contribution in [0.5, 0.6) is 0 Å². The highest BCUT2D eigenvalue weighted by Crippen LogP contribution is 2.26. The highest BCUT2D eigenvalue weighted by Gasteiger charge is 2.47. The Morgan fingerprint density at radius 3 is 2.47 bits per heavy atom. The van der Waals surface area contributed by atoms with E-state index in [9.17, 15) is 4.79 Å². The van der Waals surface area contributed by atoms with Gasteiger partial charge in [0.15, 0.2) is 11.5 Å². The van der Waals surface area contributed by atoms with Gasteiger partial charge in [0, 0.05) is 12.6 Å². The lowest BCUT2D eigenvalue weighted by molar-refractivity contribution is -0.127. The van der Waals surface area contributed by atoms with E-state index in [4.69, 9.17) is 4.74 Å². The normalized spacial score (nSPS) is 24.9. The van der Waals surface area contributed by atoms with Crippen molar-refractivity contribution >= 4 is 11.9 Å². The highest BCUT2D eigenvalue weighted by molar-refractivity contribution is 6.07. The Hall–Kier alpha value is -1.10. The largest absolute Gasteiger partial charge is 0.382 e. The molecule has 0 saturated heterocycles. The Morgan fingerprint density at radius 2 is 2.06 bits per heavy atom. The van der Waals surface area contributed by atoms with Crippen LogP contribution in [0, 0.1) is 5.92 Å². The fraction of sp³-hybridized carbons (Fsp3) is 0.833. The number of rotatable bonds is 3.